The summed E-state index contributed by atoms with van der Waals surface area (Å²) < 4.78 is 7.11. The van der Waals surface area contributed by atoms with Crippen LogP contribution < -0.4 is 11.1 Å². The van der Waals surface area contributed by atoms with Gasteiger partial charge in [0.15, 0.2) is 5.82 Å². The van der Waals surface area contributed by atoms with Gasteiger partial charge in [0.05, 0.1) is 18.0 Å². The van der Waals surface area contributed by atoms with E-state index in [1.807, 2.05) is 23.7 Å². The summed E-state index contributed by atoms with van der Waals surface area (Å²) in [7, 11) is 1.72. The van der Waals surface area contributed by atoms with Crippen LogP contribution in [0.1, 0.15) is 24.6 Å². The Bertz CT molecular complexity index is 592. The van der Waals surface area contributed by atoms with Crippen molar-refractivity contribution in [3.8, 4) is 0 Å². The number of nitrogen functional groups attached to an aromatic ring is 1. The molecule has 114 valence electrons. The number of hydrogen-bond donors (Lipinski definition) is 2. The molecule has 0 aliphatic rings. The molecule has 0 fully saturated rings. The minimum Gasteiger partial charge on any atom is -0.394 e. The van der Waals surface area contributed by atoms with Gasteiger partial charge in [0.25, 0.3) is 0 Å². The Morgan fingerprint density at radius 1 is 1.33 bits per heavy atom. The molecule has 0 aliphatic heterocycles. The Hall–Kier alpha value is -2.01. The highest BCUT2D eigenvalue weighted by atomic mass is 16.5. The van der Waals surface area contributed by atoms with Crippen LogP contribution in [-0.4, -0.2) is 23.5 Å². The lowest BCUT2D eigenvalue weighted by molar-refractivity contribution is 0.202. The number of nitrogens with two attached hydrogens (primary N) is 1. The normalized spacial score (nSPS) is 10.8. The summed E-state index contributed by atoms with van der Waals surface area (Å²) in [6.07, 6.45) is 1.88. The fraction of sp³-hybridized carbons (Fsp3) is 0.438. The van der Waals surface area contributed by atoms with Crippen LogP contribution in [0.25, 0.3) is 0 Å². The third-order valence-electron chi connectivity index (χ3n) is 3.46. The molecule has 0 saturated carbocycles. The zero-order chi connectivity index (χ0) is 15.2. The van der Waals surface area contributed by atoms with Gasteiger partial charge >= 0.3 is 0 Å². The average Bonchev–Trinajstić information content (AvgIpc) is 2.74. The summed E-state index contributed by atoms with van der Waals surface area (Å²) in [5.74, 6) is 0.874. The lowest BCUT2D eigenvalue weighted by Gasteiger charge is -2.14. The molecule has 2 aromatic rings. The number of para-hydroxylation sites is 1. The van der Waals surface area contributed by atoms with Gasteiger partial charge in [0, 0.05) is 19.3 Å². The van der Waals surface area contributed by atoms with Crippen LogP contribution in [0.4, 0.5) is 17.2 Å². The van der Waals surface area contributed by atoms with Crippen molar-refractivity contribution in [2.24, 2.45) is 0 Å². The predicted molar refractivity (Wildman–Crippen MR) is 87.0 cm³/mol. The monoisotopic (exact) mass is 288 g/mol. The Morgan fingerprint density at radius 2 is 2.10 bits per heavy atom. The lowest BCUT2D eigenvalue weighted by Crippen LogP contribution is -2.07. The highest BCUT2D eigenvalue weighted by molar-refractivity contribution is 5.72. The van der Waals surface area contributed by atoms with E-state index in [0.717, 1.165) is 36.6 Å². The van der Waals surface area contributed by atoms with Crippen molar-refractivity contribution >= 4 is 17.2 Å². The number of benzene rings is 1. The van der Waals surface area contributed by atoms with Crippen LogP contribution >= 0.6 is 0 Å². The fourth-order valence-electron chi connectivity index (χ4n) is 2.30. The number of hydrogen-bond acceptors (Lipinski definition) is 4. The summed E-state index contributed by atoms with van der Waals surface area (Å²) in [5.41, 5.74) is 10.00. The van der Waals surface area contributed by atoms with Crippen LogP contribution in [0.3, 0.4) is 0 Å². The molecule has 1 aromatic carbocycles. The third kappa shape index (κ3) is 3.55. The van der Waals surface area contributed by atoms with E-state index in [9.17, 15) is 0 Å². The molecule has 5 heteroatoms. The molecule has 0 amide bonds. The Kier molecular flexibility index (Phi) is 5.22. The molecule has 0 aliphatic carbocycles. The predicted octanol–water partition coefficient (Wildman–Crippen LogP) is 3.12. The van der Waals surface area contributed by atoms with Gasteiger partial charge in [0.2, 0.25) is 0 Å². The second kappa shape index (κ2) is 7.13. The lowest BCUT2D eigenvalue weighted by atomic mass is 10.1. The largest absolute Gasteiger partial charge is 0.394 e. The molecule has 0 radical (unpaired) electrons. The molecule has 2 rings (SSSR count). The maximum Gasteiger partial charge on any atom is 0.152 e. The van der Waals surface area contributed by atoms with Crippen molar-refractivity contribution in [1.82, 2.24) is 9.78 Å². The molecule has 0 atom stereocenters. The standard InChI is InChI=1S/C16H24N4O/c1-4-10-20-16(15(17)12(2)19-20)18-14-8-6-5-7-13(14)9-11-21-3/h5-8,18H,4,9-11,17H2,1-3H3. The van der Waals surface area contributed by atoms with Gasteiger partial charge in [-0.15, -0.1) is 0 Å². The highest BCUT2D eigenvalue weighted by Gasteiger charge is 2.13. The maximum absolute atomic E-state index is 6.16. The number of ether oxygens (including phenoxy) is 1. The van der Waals surface area contributed by atoms with Gasteiger partial charge in [-0.25, -0.2) is 4.68 Å². The van der Waals surface area contributed by atoms with Crippen molar-refractivity contribution in [3.05, 3.63) is 35.5 Å². The summed E-state index contributed by atoms with van der Waals surface area (Å²) in [6.45, 7) is 5.61. The van der Waals surface area contributed by atoms with Crippen molar-refractivity contribution < 1.29 is 4.74 Å². The van der Waals surface area contributed by atoms with Crippen molar-refractivity contribution in [1.29, 1.82) is 0 Å². The molecule has 3 N–H and O–H groups in total. The first kappa shape index (κ1) is 15.4. The van der Waals surface area contributed by atoms with Crippen molar-refractivity contribution in [3.63, 3.8) is 0 Å². The Labute approximate surface area is 126 Å². The summed E-state index contributed by atoms with van der Waals surface area (Å²) in [5, 5.41) is 7.94. The smallest absolute Gasteiger partial charge is 0.152 e. The first-order valence-electron chi connectivity index (χ1n) is 7.34. The molecular formula is C16H24N4O. The second-order valence-electron chi connectivity index (χ2n) is 5.10. The van der Waals surface area contributed by atoms with E-state index in [1.54, 1.807) is 7.11 Å². The van der Waals surface area contributed by atoms with Crippen LogP contribution in [0.5, 0.6) is 0 Å². The average molecular weight is 288 g/mol. The number of nitrogens with one attached hydrogen (secondary N) is 1. The van der Waals surface area contributed by atoms with Crippen LogP contribution in [0, 0.1) is 6.92 Å². The summed E-state index contributed by atoms with van der Waals surface area (Å²) >= 11 is 0. The molecule has 21 heavy (non-hydrogen) atoms. The van der Waals surface area contributed by atoms with Gasteiger partial charge in [-0.1, -0.05) is 25.1 Å². The molecule has 1 heterocycles. The number of nitrogens with zero attached hydrogens (tertiary/aromatic N) is 2. The molecule has 1 aromatic heterocycles. The molecule has 0 saturated heterocycles. The zero-order valence-corrected chi connectivity index (χ0v) is 13.0. The number of aryl methyl sites for hydroxylation is 2. The van der Waals surface area contributed by atoms with Gasteiger partial charge in [-0.2, -0.15) is 5.10 Å². The number of methoxy groups -OCH3 is 1. The summed E-state index contributed by atoms with van der Waals surface area (Å²) in [4.78, 5) is 0. The first-order chi connectivity index (χ1) is 10.2. The number of aromatic nitrogens is 2. The van der Waals surface area contributed by atoms with Crippen molar-refractivity contribution in [2.75, 3.05) is 24.8 Å². The van der Waals surface area contributed by atoms with Gasteiger partial charge in [-0.05, 0) is 31.4 Å². The van der Waals surface area contributed by atoms with Crippen molar-refractivity contribution in [2.45, 2.75) is 33.2 Å². The fourth-order valence-corrected chi connectivity index (χ4v) is 2.30. The minimum atomic E-state index is 0.696. The highest BCUT2D eigenvalue weighted by Crippen LogP contribution is 2.28. The minimum absolute atomic E-state index is 0.696. The van der Waals surface area contributed by atoms with E-state index in [0.29, 0.717) is 12.3 Å². The van der Waals surface area contributed by atoms with Gasteiger partial charge in [-0.3, -0.25) is 0 Å². The van der Waals surface area contributed by atoms with Crippen LogP contribution in [-0.2, 0) is 17.7 Å². The maximum atomic E-state index is 6.16. The van der Waals surface area contributed by atoms with E-state index < -0.39 is 0 Å². The Morgan fingerprint density at radius 3 is 2.81 bits per heavy atom. The van der Waals surface area contributed by atoms with E-state index in [2.05, 4.69) is 29.5 Å². The van der Waals surface area contributed by atoms with E-state index >= 15 is 0 Å². The topological polar surface area (TPSA) is 65.1 Å². The van der Waals surface area contributed by atoms with Gasteiger partial charge < -0.3 is 15.8 Å². The van der Waals surface area contributed by atoms with Crippen LogP contribution in [0.15, 0.2) is 24.3 Å². The number of rotatable bonds is 7. The molecule has 0 unspecified atom stereocenters. The van der Waals surface area contributed by atoms with E-state index in [1.165, 1.54) is 5.56 Å². The van der Waals surface area contributed by atoms with Crippen LogP contribution in [0.2, 0.25) is 0 Å². The molecule has 5 nitrogen and oxygen atoms in total. The third-order valence-corrected chi connectivity index (χ3v) is 3.46. The molecular weight excluding hydrogens is 264 g/mol. The summed E-state index contributed by atoms with van der Waals surface area (Å²) in [6, 6.07) is 8.21. The zero-order valence-electron chi connectivity index (χ0n) is 13.0. The quantitative estimate of drug-likeness (QED) is 0.821. The van der Waals surface area contributed by atoms with Gasteiger partial charge in [0.1, 0.15) is 0 Å². The molecule has 0 spiro atoms. The molecule has 0 bridgehead atoms. The first-order valence-corrected chi connectivity index (χ1v) is 7.34. The Balaban J connectivity index is 2.29. The number of anilines is 3. The van der Waals surface area contributed by atoms with E-state index in [4.69, 9.17) is 10.5 Å². The van der Waals surface area contributed by atoms with E-state index in [-0.39, 0.29) is 0 Å². The second-order valence-corrected chi connectivity index (χ2v) is 5.10. The SMILES string of the molecule is CCCn1nc(C)c(N)c1Nc1ccccc1CCOC.